The molecule has 1 radical (unpaired) electrons. The van der Waals surface area contributed by atoms with E-state index >= 15 is 0 Å². The summed E-state index contributed by atoms with van der Waals surface area (Å²) in [6, 6.07) is 1.99. The van der Waals surface area contributed by atoms with Crippen molar-refractivity contribution < 1.29 is 4.52 Å². The lowest BCUT2D eigenvalue weighted by atomic mass is 10.1. The third-order valence-electron chi connectivity index (χ3n) is 2.15. The lowest BCUT2D eigenvalue weighted by Crippen LogP contribution is -2.29. The number of hydrogen-bond acceptors (Lipinski definition) is 3. The number of anilines is 1. The van der Waals surface area contributed by atoms with E-state index in [1.54, 1.807) is 0 Å². The van der Waals surface area contributed by atoms with Gasteiger partial charge in [0.2, 0.25) is 0 Å². The second-order valence-corrected chi connectivity index (χ2v) is 3.15. The van der Waals surface area contributed by atoms with E-state index in [0.29, 0.717) is 0 Å². The third-order valence-corrected chi connectivity index (χ3v) is 2.15. The van der Waals surface area contributed by atoms with Gasteiger partial charge in [0.05, 0.1) is 0 Å². The van der Waals surface area contributed by atoms with E-state index in [-0.39, 0.29) is 0 Å². The maximum atomic E-state index is 5.02. The number of aromatic nitrogens is 1. The Morgan fingerprint density at radius 2 is 2.17 bits per heavy atom. The summed E-state index contributed by atoms with van der Waals surface area (Å²) in [5.74, 6) is 1.88. The van der Waals surface area contributed by atoms with Gasteiger partial charge in [-0.15, -0.1) is 0 Å². The summed E-state index contributed by atoms with van der Waals surface area (Å²) in [4.78, 5) is 2.26. The van der Waals surface area contributed by atoms with Crippen LogP contribution in [-0.4, -0.2) is 18.2 Å². The van der Waals surface area contributed by atoms with E-state index in [1.807, 2.05) is 13.0 Å². The molecule has 1 aliphatic heterocycles. The summed E-state index contributed by atoms with van der Waals surface area (Å²) in [6.45, 7) is 4.07. The van der Waals surface area contributed by atoms with Crippen molar-refractivity contribution in [2.45, 2.75) is 19.8 Å². The normalized spacial score (nSPS) is 18.2. The van der Waals surface area contributed by atoms with Gasteiger partial charge >= 0.3 is 0 Å². The van der Waals surface area contributed by atoms with E-state index < -0.39 is 0 Å². The lowest BCUT2D eigenvalue weighted by Gasteiger charge is -2.25. The van der Waals surface area contributed by atoms with Gasteiger partial charge in [0, 0.05) is 19.2 Å². The second kappa shape index (κ2) is 3.17. The smallest absolute Gasteiger partial charge is 0.172 e. The van der Waals surface area contributed by atoms with Crippen molar-refractivity contribution in [3.8, 4) is 0 Å². The first-order valence-electron chi connectivity index (χ1n) is 4.36. The third kappa shape index (κ3) is 1.44. The van der Waals surface area contributed by atoms with E-state index in [2.05, 4.69) is 16.5 Å². The standard InChI is InChI=1S/C9H13N2O/c1-8-7-9(10-12-8)11-5-3-2-4-6-11/h2,7H,3-6H2,1H3. The van der Waals surface area contributed by atoms with Crippen molar-refractivity contribution in [3.63, 3.8) is 0 Å². The highest BCUT2D eigenvalue weighted by molar-refractivity contribution is 5.38. The molecule has 0 aliphatic carbocycles. The zero-order chi connectivity index (χ0) is 8.39. The van der Waals surface area contributed by atoms with Crippen LogP contribution in [0.2, 0.25) is 0 Å². The Balaban J connectivity index is 2.08. The SMILES string of the molecule is Cc1cc(N2CC[CH]CC2)no1. The Kier molecular flexibility index (Phi) is 2.02. The molecule has 3 nitrogen and oxygen atoms in total. The maximum Gasteiger partial charge on any atom is 0.172 e. The molecule has 0 atom stereocenters. The zero-order valence-electron chi connectivity index (χ0n) is 7.29. The number of hydrogen-bond donors (Lipinski definition) is 0. The first kappa shape index (κ1) is 7.65. The zero-order valence-corrected chi connectivity index (χ0v) is 7.29. The van der Waals surface area contributed by atoms with Crippen LogP contribution in [0.5, 0.6) is 0 Å². The number of nitrogens with zero attached hydrogens (tertiary/aromatic N) is 2. The Hall–Kier alpha value is -0.990. The van der Waals surface area contributed by atoms with Crippen LogP contribution in [-0.2, 0) is 0 Å². The Labute approximate surface area is 72.3 Å². The topological polar surface area (TPSA) is 29.3 Å². The fourth-order valence-corrected chi connectivity index (χ4v) is 1.48. The van der Waals surface area contributed by atoms with Gasteiger partial charge in [-0.25, -0.2) is 0 Å². The second-order valence-electron chi connectivity index (χ2n) is 3.15. The molecular weight excluding hydrogens is 152 g/mol. The van der Waals surface area contributed by atoms with Gasteiger partial charge < -0.3 is 9.42 Å². The molecule has 12 heavy (non-hydrogen) atoms. The fraction of sp³-hybridized carbons (Fsp3) is 0.556. The van der Waals surface area contributed by atoms with E-state index in [9.17, 15) is 0 Å². The average molecular weight is 165 g/mol. The van der Waals surface area contributed by atoms with Gasteiger partial charge in [-0.2, -0.15) is 0 Å². The molecule has 1 aromatic rings. The van der Waals surface area contributed by atoms with Gasteiger partial charge in [-0.05, 0) is 26.2 Å². The summed E-state index contributed by atoms with van der Waals surface area (Å²) >= 11 is 0. The molecule has 0 saturated carbocycles. The van der Waals surface area contributed by atoms with Crippen LogP contribution in [0.3, 0.4) is 0 Å². The Morgan fingerprint density at radius 3 is 2.75 bits per heavy atom. The average Bonchev–Trinajstić information content (AvgIpc) is 2.54. The maximum absolute atomic E-state index is 5.02. The number of piperidine rings is 1. The highest BCUT2D eigenvalue weighted by atomic mass is 16.5. The predicted octanol–water partition coefficient (Wildman–Crippen LogP) is 1.79. The Morgan fingerprint density at radius 1 is 1.42 bits per heavy atom. The molecule has 2 rings (SSSR count). The summed E-state index contributed by atoms with van der Waals surface area (Å²) in [6.07, 6.45) is 4.64. The molecule has 0 unspecified atom stereocenters. The number of aryl methyl sites for hydroxylation is 1. The molecule has 65 valence electrons. The predicted molar refractivity (Wildman–Crippen MR) is 47.0 cm³/mol. The van der Waals surface area contributed by atoms with E-state index in [1.165, 1.54) is 0 Å². The fourth-order valence-electron chi connectivity index (χ4n) is 1.48. The van der Waals surface area contributed by atoms with Crippen LogP contribution in [0.25, 0.3) is 0 Å². The molecule has 0 aromatic carbocycles. The van der Waals surface area contributed by atoms with Gasteiger partial charge in [-0.1, -0.05) is 5.16 Å². The molecule has 0 spiro atoms. The quantitative estimate of drug-likeness (QED) is 0.635. The molecule has 2 heterocycles. The van der Waals surface area contributed by atoms with Crippen molar-refractivity contribution in [3.05, 3.63) is 18.2 Å². The minimum atomic E-state index is 0.888. The number of rotatable bonds is 1. The van der Waals surface area contributed by atoms with Gasteiger partial charge in [0.1, 0.15) is 5.76 Å². The van der Waals surface area contributed by atoms with Gasteiger partial charge in [-0.3, -0.25) is 0 Å². The van der Waals surface area contributed by atoms with Gasteiger partial charge in [0.25, 0.3) is 0 Å². The monoisotopic (exact) mass is 165 g/mol. The summed E-state index contributed by atoms with van der Waals surface area (Å²) in [5, 5.41) is 3.98. The van der Waals surface area contributed by atoms with Crippen LogP contribution in [0.1, 0.15) is 18.6 Å². The summed E-state index contributed by atoms with van der Waals surface area (Å²) < 4.78 is 5.02. The van der Waals surface area contributed by atoms with E-state index in [4.69, 9.17) is 4.52 Å². The first-order chi connectivity index (χ1) is 5.86. The summed E-state index contributed by atoms with van der Waals surface area (Å²) in [5.41, 5.74) is 0. The molecule has 1 aromatic heterocycles. The molecule has 1 aliphatic rings. The molecule has 1 saturated heterocycles. The van der Waals surface area contributed by atoms with Crippen LogP contribution < -0.4 is 4.90 Å². The summed E-state index contributed by atoms with van der Waals surface area (Å²) in [7, 11) is 0. The van der Waals surface area contributed by atoms with Crippen LogP contribution in [0.4, 0.5) is 5.82 Å². The highest BCUT2D eigenvalue weighted by Gasteiger charge is 2.13. The molecule has 0 bridgehead atoms. The lowest BCUT2D eigenvalue weighted by molar-refractivity contribution is 0.396. The van der Waals surface area contributed by atoms with Crippen LogP contribution in [0.15, 0.2) is 10.6 Å². The van der Waals surface area contributed by atoms with Crippen molar-refractivity contribution in [2.24, 2.45) is 0 Å². The van der Waals surface area contributed by atoms with Crippen molar-refractivity contribution in [1.29, 1.82) is 0 Å². The largest absolute Gasteiger partial charge is 0.360 e. The van der Waals surface area contributed by atoms with Crippen molar-refractivity contribution in [2.75, 3.05) is 18.0 Å². The molecule has 0 amide bonds. The molecule has 1 fully saturated rings. The van der Waals surface area contributed by atoms with E-state index in [0.717, 1.165) is 37.5 Å². The highest BCUT2D eigenvalue weighted by Crippen LogP contribution is 2.18. The van der Waals surface area contributed by atoms with Crippen LogP contribution in [0, 0.1) is 13.3 Å². The minimum Gasteiger partial charge on any atom is -0.360 e. The minimum absolute atomic E-state index is 0.888. The van der Waals surface area contributed by atoms with Crippen molar-refractivity contribution >= 4 is 5.82 Å². The van der Waals surface area contributed by atoms with Crippen LogP contribution >= 0.6 is 0 Å². The molecule has 3 heteroatoms. The Bertz CT molecular complexity index is 251. The van der Waals surface area contributed by atoms with Gasteiger partial charge in [0.15, 0.2) is 5.82 Å². The molecular formula is C9H13N2O. The molecule has 0 N–H and O–H groups in total. The first-order valence-corrected chi connectivity index (χ1v) is 4.36. The van der Waals surface area contributed by atoms with Crippen molar-refractivity contribution in [1.82, 2.24) is 5.16 Å².